The van der Waals surface area contributed by atoms with Crippen molar-refractivity contribution in [2.24, 2.45) is 0 Å². The van der Waals surface area contributed by atoms with Crippen molar-refractivity contribution in [2.45, 2.75) is 32.1 Å². The van der Waals surface area contributed by atoms with E-state index in [2.05, 4.69) is 35.6 Å². The van der Waals surface area contributed by atoms with Crippen molar-refractivity contribution in [3.63, 3.8) is 0 Å². The lowest BCUT2D eigenvalue weighted by molar-refractivity contribution is 0.480. The predicted octanol–water partition coefficient (Wildman–Crippen LogP) is 3.40. The largest absolute Gasteiger partial charge is 0.504 e. The zero-order chi connectivity index (χ0) is 14.6. The van der Waals surface area contributed by atoms with Crippen LogP contribution in [0.2, 0.25) is 25.7 Å². The lowest BCUT2D eigenvalue weighted by Gasteiger charge is -2.21. The molecular weight excluding hydrogens is 254 g/mol. The summed E-state index contributed by atoms with van der Waals surface area (Å²) < 4.78 is 0. The third kappa shape index (κ3) is 3.80. The van der Waals surface area contributed by atoms with Crippen LogP contribution in [0.25, 0.3) is 0 Å². The number of nitrogens with one attached hydrogen (secondary N) is 3. The highest BCUT2D eigenvalue weighted by Gasteiger charge is 2.18. The van der Waals surface area contributed by atoms with Gasteiger partial charge in [0.2, 0.25) is 0 Å². The van der Waals surface area contributed by atoms with E-state index in [1.165, 1.54) is 11.6 Å². The maximum atomic E-state index is 10.2. The Labute approximate surface area is 117 Å². The zero-order valence-corrected chi connectivity index (χ0v) is 13.9. The molecule has 0 aliphatic heterocycles. The summed E-state index contributed by atoms with van der Waals surface area (Å²) >= 11 is 0. The first kappa shape index (κ1) is 15.7. The van der Waals surface area contributed by atoms with E-state index < -0.39 is 8.07 Å². The summed E-state index contributed by atoms with van der Waals surface area (Å²) in [6.45, 7) is 7.14. The Morgan fingerprint density at radius 2 is 1.58 bits per heavy atom. The molecule has 1 aromatic carbocycles. The minimum absolute atomic E-state index is 0.270. The second-order valence-electron chi connectivity index (χ2n) is 5.99. The number of benzene rings is 1. The lowest BCUT2D eigenvalue weighted by Crippen LogP contribution is -2.20. The number of hydrogen-bond acceptors (Lipinski definition) is 4. The standard InChI is InChI=1S/C14H27N3OSi/c1-15-11-9-10(7-8-19(4,5)6)12(16-2)13(17-3)14(11)18/h9,15-18H,7-8H2,1-6H3. The molecule has 0 aliphatic rings. The lowest BCUT2D eigenvalue weighted by atomic mass is 10.1. The van der Waals surface area contributed by atoms with Crippen LogP contribution >= 0.6 is 0 Å². The Morgan fingerprint density at radius 1 is 1.00 bits per heavy atom. The fraction of sp³-hybridized carbons (Fsp3) is 0.571. The van der Waals surface area contributed by atoms with E-state index in [1.54, 1.807) is 0 Å². The molecule has 0 amide bonds. The monoisotopic (exact) mass is 281 g/mol. The van der Waals surface area contributed by atoms with E-state index in [0.717, 1.165) is 23.5 Å². The van der Waals surface area contributed by atoms with Gasteiger partial charge < -0.3 is 21.1 Å². The predicted molar refractivity (Wildman–Crippen MR) is 88.6 cm³/mol. The summed E-state index contributed by atoms with van der Waals surface area (Å²) in [4.78, 5) is 0. The molecule has 0 saturated carbocycles. The molecule has 4 N–H and O–H groups in total. The van der Waals surface area contributed by atoms with Crippen LogP contribution in [0.4, 0.5) is 17.1 Å². The number of phenols is 1. The van der Waals surface area contributed by atoms with Crippen molar-refractivity contribution in [2.75, 3.05) is 37.1 Å². The van der Waals surface area contributed by atoms with E-state index in [9.17, 15) is 5.11 Å². The van der Waals surface area contributed by atoms with E-state index in [-0.39, 0.29) is 5.75 Å². The van der Waals surface area contributed by atoms with Gasteiger partial charge in [-0.15, -0.1) is 0 Å². The highest BCUT2D eigenvalue weighted by molar-refractivity contribution is 6.76. The van der Waals surface area contributed by atoms with Gasteiger partial charge in [0.25, 0.3) is 0 Å². The Bertz CT molecular complexity index is 441. The molecule has 0 aliphatic carbocycles. The maximum absolute atomic E-state index is 10.2. The van der Waals surface area contributed by atoms with Crippen LogP contribution in [0, 0.1) is 0 Å². The fourth-order valence-corrected chi connectivity index (χ4v) is 3.17. The minimum atomic E-state index is -1.08. The topological polar surface area (TPSA) is 56.3 Å². The van der Waals surface area contributed by atoms with Gasteiger partial charge in [0.05, 0.1) is 11.4 Å². The van der Waals surface area contributed by atoms with Crippen molar-refractivity contribution < 1.29 is 5.11 Å². The van der Waals surface area contributed by atoms with Crippen molar-refractivity contribution >= 4 is 25.1 Å². The van der Waals surface area contributed by atoms with Gasteiger partial charge in [-0.25, -0.2) is 0 Å². The summed E-state index contributed by atoms with van der Waals surface area (Å²) in [5.74, 6) is 0.270. The van der Waals surface area contributed by atoms with Gasteiger partial charge in [0.15, 0.2) is 5.75 Å². The van der Waals surface area contributed by atoms with Gasteiger partial charge >= 0.3 is 0 Å². The van der Waals surface area contributed by atoms with Crippen molar-refractivity contribution in [3.05, 3.63) is 11.6 Å². The molecule has 1 rings (SSSR count). The quantitative estimate of drug-likeness (QED) is 0.477. The maximum Gasteiger partial charge on any atom is 0.164 e. The number of anilines is 3. The third-order valence-electron chi connectivity index (χ3n) is 3.30. The van der Waals surface area contributed by atoms with Gasteiger partial charge in [0.1, 0.15) is 5.69 Å². The van der Waals surface area contributed by atoms with Crippen LogP contribution in [-0.4, -0.2) is 34.3 Å². The molecule has 1 aromatic rings. The SMILES string of the molecule is CNc1cc(CC[Si](C)(C)C)c(NC)c(NC)c1O. The van der Waals surface area contributed by atoms with Crippen molar-refractivity contribution in [1.29, 1.82) is 0 Å². The van der Waals surface area contributed by atoms with Crippen LogP contribution in [-0.2, 0) is 6.42 Å². The highest BCUT2D eigenvalue weighted by Crippen LogP contribution is 2.41. The smallest absolute Gasteiger partial charge is 0.164 e. The number of phenolic OH excluding ortho intramolecular Hbond substituents is 1. The van der Waals surface area contributed by atoms with Crippen LogP contribution in [0.1, 0.15) is 5.56 Å². The van der Waals surface area contributed by atoms with Gasteiger partial charge in [-0.3, -0.25) is 0 Å². The normalized spacial score (nSPS) is 11.3. The van der Waals surface area contributed by atoms with Crippen molar-refractivity contribution in [3.8, 4) is 5.75 Å². The molecule has 0 aromatic heterocycles. The molecule has 4 nitrogen and oxygen atoms in total. The van der Waals surface area contributed by atoms with Gasteiger partial charge in [-0.2, -0.15) is 0 Å². The molecule has 0 atom stereocenters. The van der Waals surface area contributed by atoms with Gasteiger partial charge in [-0.1, -0.05) is 25.7 Å². The zero-order valence-electron chi connectivity index (χ0n) is 12.9. The summed E-state index contributed by atoms with van der Waals surface area (Å²) in [6.07, 6.45) is 1.04. The van der Waals surface area contributed by atoms with E-state index >= 15 is 0 Å². The molecular formula is C14H27N3OSi. The summed E-state index contributed by atoms with van der Waals surface area (Å²) in [6, 6.07) is 3.28. The van der Waals surface area contributed by atoms with Crippen LogP contribution in [0.5, 0.6) is 5.75 Å². The summed E-state index contributed by atoms with van der Waals surface area (Å²) in [5.41, 5.74) is 3.78. The summed E-state index contributed by atoms with van der Waals surface area (Å²) in [5, 5.41) is 19.5. The molecule has 0 bridgehead atoms. The third-order valence-corrected chi connectivity index (χ3v) is 5.05. The average Bonchev–Trinajstić information content (AvgIpc) is 2.35. The van der Waals surface area contributed by atoms with Gasteiger partial charge in [0, 0.05) is 29.2 Å². The van der Waals surface area contributed by atoms with Crippen molar-refractivity contribution in [1.82, 2.24) is 0 Å². The molecule has 0 fully saturated rings. The van der Waals surface area contributed by atoms with E-state index in [4.69, 9.17) is 0 Å². The van der Waals surface area contributed by atoms with Crippen LogP contribution in [0.3, 0.4) is 0 Å². The van der Waals surface area contributed by atoms with Gasteiger partial charge in [-0.05, 0) is 18.1 Å². The second kappa shape index (κ2) is 6.19. The minimum Gasteiger partial charge on any atom is -0.504 e. The first-order valence-corrected chi connectivity index (χ1v) is 10.5. The molecule has 19 heavy (non-hydrogen) atoms. The van der Waals surface area contributed by atoms with Crippen LogP contribution in [0.15, 0.2) is 6.07 Å². The Balaban J connectivity index is 3.21. The Hall–Kier alpha value is -1.36. The molecule has 0 heterocycles. The number of rotatable bonds is 6. The molecule has 0 spiro atoms. The molecule has 108 valence electrons. The first-order valence-electron chi connectivity index (χ1n) is 6.76. The molecule has 5 heteroatoms. The molecule has 0 radical (unpaired) electrons. The second-order valence-corrected chi connectivity index (χ2v) is 11.6. The highest BCUT2D eigenvalue weighted by atomic mass is 28.3. The number of aromatic hydroxyl groups is 1. The Morgan fingerprint density at radius 3 is 2.00 bits per heavy atom. The van der Waals surface area contributed by atoms with Crippen LogP contribution < -0.4 is 16.0 Å². The number of hydrogen-bond donors (Lipinski definition) is 4. The number of aryl methyl sites for hydroxylation is 1. The fourth-order valence-electron chi connectivity index (χ4n) is 2.15. The van der Waals surface area contributed by atoms with E-state index in [0.29, 0.717) is 0 Å². The molecule has 0 saturated heterocycles. The van der Waals surface area contributed by atoms with E-state index in [1.807, 2.05) is 27.2 Å². The Kier molecular flexibility index (Phi) is 5.11. The first-order chi connectivity index (χ1) is 8.84. The molecule has 0 unspecified atom stereocenters. The summed E-state index contributed by atoms with van der Waals surface area (Å²) in [7, 11) is 4.48. The average molecular weight is 281 g/mol.